The number of nitrogens with one attached hydrogen (secondary N) is 2. The van der Waals surface area contributed by atoms with Gasteiger partial charge in [0.2, 0.25) is 0 Å². The highest BCUT2D eigenvalue weighted by Crippen LogP contribution is 2.04. The smallest absolute Gasteiger partial charge is 0.375 e. The van der Waals surface area contributed by atoms with Gasteiger partial charge in [0.05, 0.1) is 6.04 Å². The third-order valence-corrected chi connectivity index (χ3v) is 1.54. The summed E-state index contributed by atoms with van der Waals surface area (Å²) >= 11 is 0. The van der Waals surface area contributed by atoms with E-state index in [4.69, 9.17) is 5.11 Å². The molecule has 0 aliphatic carbocycles. The average molecular weight is 170 g/mol. The van der Waals surface area contributed by atoms with Gasteiger partial charge in [0.15, 0.2) is 0 Å². The lowest BCUT2D eigenvalue weighted by Crippen LogP contribution is -2.14. The maximum Gasteiger partial charge on any atom is 0.375 e. The predicted molar refractivity (Wildman–Crippen MR) is 40.8 cm³/mol. The van der Waals surface area contributed by atoms with Gasteiger partial charge in [0, 0.05) is 0 Å². The van der Waals surface area contributed by atoms with Crippen LogP contribution in [0.2, 0.25) is 0 Å². The van der Waals surface area contributed by atoms with Crippen LogP contribution in [-0.2, 0) is 0 Å². The molecule has 1 rings (SSSR count). The highest BCUT2D eigenvalue weighted by Gasteiger charge is 2.13. The Hall–Kier alpha value is -1.43. The van der Waals surface area contributed by atoms with Crippen molar-refractivity contribution in [1.82, 2.24) is 20.5 Å². The number of carboxylic acid groups (broad SMARTS) is 1. The summed E-state index contributed by atoms with van der Waals surface area (Å²) < 4.78 is 0. The van der Waals surface area contributed by atoms with Gasteiger partial charge in [-0.25, -0.2) is 9.78 Å². The van der Waals surface area contributed by atoms with E-state index >= 15 is 0 Å². The molecule has 0 aliphatic rings. The molecular formula is C6H10N4O2. The molecule has 1 atom stereocenters. The number of hydrogen-bond acceptors (Lipinski definition) is 4. The van der Waals surface area contributed by atoms with E-state index in [-0.39, 0.29) is 11.9 Å². The first-order valence-corrected chi connectivity index (χ1v) is 3.48. The minimum atomic E-state index is -1.12. The summed E-state index contributed by atoms with van der Waals surface area (Å²) in [6, 6.07) is -0.0226. The lowest BCUT2D eigenvalue weighted by Gasteiger charge is -2.03. The van der Waals surface area contributed by atoms with E-state index in [1.807, 2.05) is 6.92 Å². The third kappa shape index (κ3) is 1.59. The molecule has 0 aliphatic heterocycles. The Balaban J connectivity index is 2.84. The van der Waals surface area contributed by atoms with E-state index < -0.39 is 5.97 Å². The number of aromatic amines is 1. The molecule has 6 nitrogen and oxygen atoms in total. The summed E-state index contributed by atoms with van der Waals surface area (Å²) in [5.74, 6) is -0.803. The molecule has 66 valence electrons. The van der Waals surface area contributed by atoms with Crippen LogP contribution in [0.3, 0.4) is 0 Å². The minimum absolute atomic E-state index is 0.0226. The quantitative estimate of drug-likeness (QED) is 0.583. The molecule has 0 saturated heterocycles. The number of H-pyrrole nitrogens is 1. The van der Waals surface area contributed by atoms with E-state index in [9.17, 15) is 4.79 Å². The van der Waals surface area contributed by atoms with E-state index in [1.54, 1.807) is 7.05 Å². The monoisotopic (exact) mass is 170 g/mol. The first-order valence-electron chi connectivity index (χ1n) is 3.48. The molecular weight excluding hydrogens is 160 g/mol. The number of carbonyl (C=O) groups is 1. The zero-order chi connectivity index (χ0) is 9.14. The van der Waals surface area contributed by atoms with Crippen molar-refractivity contribution in [3.63, 3.8) is 0 Å². The van der Waals surface area contributed by atoms with Gasteiger partial charge in [-0.1, -0.05) is 0 Å². The average Bonchev–Trinajstić information content (AvgIpc) is 2.51. The maximum atomic E-state index is 10.4. The highest BCUT2D eigenvalue weighted by atomic mass is 16.4. The van der Waals surface area contributed by atoms with Crippen molar-refractivity contribution in [1.29, 1.82) is 0 Å². The van der Waals surface area contributed by atoms with Gasteiger partial charge in [-0.2, -0.15) is 0 Å². The van der Waals surface area contributed by atoms with Crippen molar-refractivity contribution in [2.75, 3.05) is 7.05 Å². The molecule has 12 heavy (non-hydrogen) atoms. The van der Waals surface area contributed by atoms with Crippen LogP contribution in [0.25, 0.3) is 0 Å². The summed E-state index contributed by atoms with van der Waals surface area (Å²) in [5, 5.41) is 17.4. The standard InChI is InChI=1S/C6H10N4O2/c1-3(7-2)4-8-5(6(11)12)10-9-4/h3,7H,1-2H3,(H,11,12)(H,8,9,10). The molecule has 0 radical (unpaired) electrons. The van der Waals surface area contributed by atoms with Crippen LogP contribution in [0, 0.1) is 0 Å². The zero-order valence-electron chi connectivity index (χ0n) is 6.83. The number of nitrogens with zero attached hydrogens (tertiary/aromatic N) is 2. The van der Waals surface area contributed by atoms with Crippen LogP contribution in [-0.4, -0.2) is 33.3 Å². The largest absolute Gasteiger partial charge is 0.475 e. The van der Waals surface area contributed by atoms with Gasteiger partial charge in [0.1, 0.15) is 5.82 Å². The molecule has 0 aromatic carbocycles. The van der Waals surface area contributed by atoms with E-state index in [1.165, 1.54) is 0 Å². The van der Waals surface area contributed by atoms with Crippen molar-refractivity contribution < 1.29 is 9.90 Å². The van der Waals surface area contributed by atoms with Gasteiger partial charge in [-0.05, 0) is 14.0 Å². The van der Waals surface area contributed by atoms with E-state index in [2.05, 4.69) is 20.5 Å². The Morgan fingerprint density at radius 3 is 2.83 bits per heavy atom. The Labute approximate surface area is 69.0 Å². The molecule has 1 aromatic heterocycles. The van der Waals surface area contributed by atoms with Crippen LogP contribution in [0.5, 0.6) is 0 Å². The van der Waals surface area contributed by atoms with Crippen LogP contribution < -0.4 is 5.32 Å². The van der Waals surface area contributed by atoms with Gasteiger partial charge in [0.25, 0.3) is 5.82 Å². The number of hydrogen-bond donors (Lipinski definition) is 3. The lowest BCUT2D eigenvalue weighted by molar-refractivity contribution is 0.0684. The molecule has 1 unspecified atom stereocenters. The molecule has 0 fully saturated rings. The molecule has 6 heteroatoms. The second kappa shape index (κ2) is 3.31. The molecule has 0 spiro atoms. The first kappa shape index (κ1) is 8.66. The zero-order valence-corrected chi connectivity index (χ0v) is 6.83. The van der Waals surface area contributed by atoms with E-state index in [0.29, 0.717) is 5.82 Å². The second-order valence-electron chi connectivity index (χ2n) is 2.36. The Morgan fingerprint density at radius 2 is 2.42 bits per heavy atom. The summed E-state index contributed by atoms with van der Waals surface area (Å²) in [7, 11) is 1.76. The van der Waals surface area contributed by atoms with Gasteiger partial charge >= 0.3 is 5.97 Å². The normalized spacial score (nSPS) is 12.8. The van der Waals surface area contributed by atoms with Crippen molar-refractivity contribution in [2.24, 2.45) is 0 Å². The third-order valence-electron chi connectivity index (χ3n) is 1.54. The van der Waals surface area contributed by atoms with Crippen LogP contribution >= 0.6 is 0 Å². The number of aromatic carboxylic acids is 1. The van der Waals surface area contributed by atoms with Gasteiger partial charge in [-0.3, -0.25) is 5.10 Å². The fourth-order valence-electron chi connectivity index (χ4n) is 0.700. The highest BCUT2D eigenvalue weighted by molar-refractivity contribution is 5.82. The fraction of sp³-hybridized carbons (Fsp3) is 0.500. The van der Waals surface area contributed by atoms with Crippen molar-refractivity contribution in [3.8, 4) is 0 Å². The van der Waals surface area contributed by atoms with Gasteiger partial charge < -0.3 is 10.4 Å². The first-order chi connectivity index (χ1) is 5.65. The Morgan fingerprint density at radius 1 is 1.75 bits per heavy atom. The fourth-order valence-corrected chi connectivity index (χ4v) is 0.700. The van der Waals surface area contributed by atoms with Crippen molar-refractivity contribution >= 4 is 5.97 Å². The summed E-state index contributed by atoms with van der Waals surface area (Å²) in [6.07, 6.45) is 0. The molecule has 3 N–H and O–H groups in total. The molecule has 0 saturated carbocycles. The second-order valence-corrected chi connectivity index (χ2v) is 2.36. The van der Waals surface area contributed by atoms with Crippen molar-refractivity contribution in [2.45, 2.75) is 13.0 Å². The number of rotatable bonds is 3. The minimum Gasteiger partial charge on any atom is -0.475 e. The lowest BCUT2D eigenvalue weighted by atomic mass is 10.3. The topological polar surface area (TPSA) is 90.9 Å². The van der Waals surface area contributed by atoms with Crippen LogP contribution in [0.15, 0.2) is 0 Å². The van der Waals surface area contributed by atoms with Gasteiger partial charge in [-0.15, -0.1) is 5.10 Å². The Bertz CT molecular complexity index is 283. The summed E-state index contributed by atoms with van der Waals surface area (Å²) in [4.78, 5) is 14.1. The predicted octanol–water partition coefficient (Wildman–Crippen LogP) is -0.217. The molecule has 0 amide bonds. The summed E-state index contributed by atoms with van der Waals surface area (Å²) in [5.41, 5.74) is 0. The van der Waals surface area contributed by atoms with E-state index in [0.717, 1.165) is 0 Å². The maximum absolute atomic E-state index is 10.4. The SMILES string of the molecule is CNC(C)c1nc(C(=O)O)n[nH]1. The van der Waals surface area contributed by atoms with Crippen molar-refractivity contribution in [3.05, 3.63) is 11.6 Å². The summed E-state index contributed by atoms with van der Waals surface area (Å²) in [6.45, 7) is 1.85. The van der Waals surface area contributed by atoms with Crippen LogP contribution in [0.1, 0.15) is 29.4 Å². The number of aromatic nitrogens is 3. The molecule has 1 aromatic rings. The molecule has 1 heterocycles. The van der Waals surface area contributed by atoms with Crippen LogP contribution in [0.4, 0.5) is 0 Å². The molecule has 0 bridgehead atoms. The number of carboxylic acids is 1. The Kier molecular flexibility index (Phi) is 2.39.